The van der Waals surface area contributed by atoms with E-state index in [4.69, 9.17) is 5.73 Å². The minimum absolute atomic E-state index is 0.0369. The first-order valence-corrected chi connectivity index (χ1v) is 8.18. The summed E-state index contributed by atoms with van der Waals surface area (Å²) in [6.45, 7) is 4.20. The fourth-order valence-electron chi connectivity index (χ4n) is 2.50. The van der Waals surface area contributed by atoms with Gasteiger partial charge in [-0.25, -0.2) is 8.42 Å². The van der Waals surface area contributed by atoms with E-state index in [1.165, 1.54) is 16.4 Å². The fraction of sp³-hybridized carbons (Fsp3) is 0.538. The lowest BCUT2D eigenvalue weighted by Gasteiger charge is -2.18. The molecule has 21 heavy (non-hydrogen) atoms. The normalized spacial score (nSPS) is 21.4. The third-order valence-electron chi connectivity index (χ3n) is 3.95. The molecule has 1 aromatic carbocycles. The molecule has 1 aliphatic heterocycles. The molecule has 2 N–H and O–H groups in total. The van der Waals surface area contributed by atoms with Gasteiger partial charge in [0, 0.05) is 30.8 Å². The van der Waals surface area contributed by atoms with E-state index in [0.29, 0.717) is 25.1 Å². The molecule has 0 aliphatic carbocycles. The minimum Gasteiger partial charge on any atom is -0.328 e. The number of nitrogens with two attached hydrogens (primary N) is 1. The van der Waals surface area contributed by atoms with Crippen molar-refractivity contribution in [3.63, 3.8) is 0 Å². The first-order valence-electron chi connectivity index (χ1n) is 6.74. The molecule has 0 amide bonds. The van der Waals surface area contributed by atoms with Gasteiger partial charge in [0.25, 0.3) is 5.69 Å². The summed E-state index contributed by atoms with van der Waals surface area (Å²) in [7, 11) is -3.70. The van der Waals surface area contributed by atoms with Gasteiger partial charge in [0.05, 0.1) is 9.82 Å². The largest absolute Gasteiger partial charge is 0.328 e. The molecule has 0 aromatic heterocycles. The average molecular weight is 313 g/mol. The molecular formula is C13H19N3O4S. The molecular weight excluding hydrogens is 294 g/mol. The van der Waals surface area contributed by atoms with Crippen LogP contribution in [0.25, 0.3) is 0 Å². The van der Waals surface area contributed by atoms with Crippen molar-refractivity contribution in [3.05, 3.63) is 33.9 Å². The second-order valence-corrected chi connectivity index (χ2v) is 7.41. The van der Waals surface area contributed by atoms with Gasteiger partial charge >= 0.3 is 0 Å². The molecule has 2 rings (SSSR count). The van der Waals surface area contributed by atoms with Gasteiger partial charge in [-0.15, -0.1) is 0 Å². The van der Waals surface area contributed by atoms with Crippen LogP contribution in [-0.4, -0.2) is 36.8 Å². The molecule has 2 atom stereocenters. The lowest BCUT2D eigenvalue weighted by Crippen LogP contribution is -2.33. The second kappa shape index (κ2) is 5.70. The molecule has 2 unspecified atom stereocenters. The van der Waals surface area contributed by atoms with E-state index in [1.54, 1.807) is 6.92 Å². The third-order valence-corrected chi connectivity index (χ3v) is 5.81. The number of aryl methyl sites for hydroxylation is 1. The number of rotatable bonds is 4. The van der Waals surface area contributed by atoms with E-state index in [1.807, 2.05) is 6.92 Å². The van der Waals surface area contributed by atoms with Crippen molar-refractivity contribution in [2.45, 2.75) is 31.2 Å². The van der Waals surface area contributed by atoms with Crippen LogP contribution >= 0.6 is 0 Å². The van der Waals surface area contributed by atoms with Crippen LogP contribution in [0.3, 0.4) is 0 Å². The van der Waals surface area contributed by atoms with E-state index < -0.39 is 14.9 Å². The highest BCUT2D eigenvalue weighted by molar-refractivity contribution is 7.89. The zero-order valence-corrected chi connectivity index (χ0v) is 12.8. The topological polar surface area (TPSA) is 107 Å². The zero-order chi connectivity index (χ0) is 15.8. The minimum atomic E-state index is -3.70. The van der Waals surface area contributed by atoms with E-state index in [2.05, 4.69) is 0 Å². The number of sulfonamides is 1. The lowest BCUT2D eigenvalue weighted by atomic mass is 10.0. The molecule has 1 heterocycles. The highest BCUT2D eigenvalue weighted by atomic mass is 32.2. The van der Waals surface area contributed by atoms with Crippen LogP contribution in [0.4, 0.5) is 5.69 Å². The molecule has 0 bridgehead atoms. The van der Waals surface area contributed by atoms with Gasteiger partial charge in [0.2, 0.25) is 10.0 Å². The molecule has 0 radical (unpaired) electrons. The first kappa shape index (κ1) is 15.9. The quantitative estimate of drug-likeness (QED) is 0.665. The summed E-state index contributed by atoms with van der Waals surface area (Å²) >= 11 is 0. The van der Waals surface area contributed by atoms with Gasteiger partial charge in [0.1, 0.15) is 0 Å². The standard InChI is InChI=1S/C13H19N3O4S/c1-9-3-4-12(7-13(9)16(17)18)21(19,20)15-6-5-11(8-15)10(2)14/h3-4,7,10-11H,5-6,8,14H2,1-2H3. The van der Waals surface area contributed by atoms with Crippen LogP contribution in [0, 0.1) is 23.0 Å². The van der Waals surface area contributed by atoms with Gasteiger partial charge in [-0.1, -0.05) is 6.07 Å². The van der Waals surface area contributed by atoms with E-state index >= 15 is 0 Å². The first-order chi connectivity index (χ1) is 9.73. The van der Waals surface area contributed by atoms with Crippen LogP contribution in [0.5, 0.6) is 0 Å². The number of nitro groups is 1. The lowest BCUT2D eigenvalue weighted by molar-refractivity contribution is -0.385. The zero-order valence-electron chi connectivity index (χ0n) is 12.0. The SMILES string of the molecule is Cc1ccc(S(=O)(=O)N2CCC(C(C)N)C2)cc1[N+](=O)[O-]. The molecule has 7 nitrogen and oxygen atoms in total. The Labute approximate surface area is 123 Å². The predicted octanol–water partition coefficient (Wildman–Crippen LogP) is 1.26. The number of hydrogen-bond acceptors (Lipinski definition) is 5. The third kappa shape index (κ3) is 3.07. The van der Waals surface area contributed by atoms with Crippen LogP contribution in [-0.2, 0) is 10.0 Å². The molecule has 1 aliphatic rings. The number of benzene rings is 1. The van der Waals surface area contributed by atoms with Crippen molar-refractivity contribution in [1.29, 1.82) is 0 Å². The Morgan fingerprint density at radius 3 is 2.67 bits per heavy atom. The maximum absolute atomic E-state index is 12.6. The Bertz CT molecular complexity index is 657. The van der Waals surface area contributed by atoms with Crippen LogP contribution in [0.1, 0.15) is 18.9 Å². The fourth-order valence-corrected chi connectivity index (χ4v) is 4.03. The smallest absolute Gasteiger partial charge is 0.273 e. The molecule has 0 spiro atoms. The van der Waals surface area contributed by atoms with Crippen LogP contribution in [0.15, 0.2) is 23.1 Å². The Morgan fingerprint density at radius 2 is 2.14 bits per heavy atom. The predicted molar refractivity (Wildman–Crippen MR) is 78.3 cm³/mol. The molecule has 1 fully saturated rings. The van der Waals surface area contributed by atoms with Crippen molar-refractivity contribution in [1.82, 2.24) is 4.31 Å². The van der Waals surface area contributed by atoms with Gasteiger partial charge in [0.15, 0.2) is 0 Å². The summed E-state index contributed by atoms with van der Waals surface area (Å²) in [5.74, 6) is 0.125. The summed E-state index contributed by atoms with van der Waals surface area (Å²) in [4.78, 5) is 10.3. The summed E-state index contributed by atoms with van der Waals surface area (Å²) in [6.07, 6.45) is 0.713. The Hall–Kier alpha value is -1.51. The molecule has 1 aromatic rings. The molecule has 1 saturated heterocycles. The highest BCUT2D eigenvalue weighted by Gasteiger charge is 2.34. The second-order valence-electron chi connectivity index (χ2n) is 5.48. The van der Waals surface area contributed by atoms with Gasteiger partial charge in [-0.3, -0.25) is 10.1 Å². The number of nitro benzene ring substituents is 1. The highest BCUT2D eigenvalue weighted by Crippen LogP contribution is 2.28. The summed E-state index contributed by atoms with van der Waals surface area (Å²) in [5.41, 5.74) is 6.07. The van der Waals surface area contributed by atoms with Crippen molar-refractivity contribution in [3.8, 4) is 0 Å². The average Bonchev–Trinajstić information content (AvgIpc) is 2.89. The monoisotopic (exact) mass is 313 g/mol. The van der Waals surface area contributed by atoms with E-state index in [0.717, 1.165) is 6.07 Å². The van der Waals surface area contributed by atoms with Crippen molar-refractivity contribution < 1.29 is 13.3 Å². The Kier molecular flexibility index (Phi) is 4.31. The summed E-state index contributed by atoms with van der Waals surface area (Å²) in [5, 5.41) is 10.9. The molecule has 116 valence electrons. The van der Waals surface area contributed by atoms with Gasteiger partial charge in [-0.2, -0.15) is 4.31 Å². The Balaban J connectivity index is 2.33. The summed E-state index contributed by atoms with van der Waals surface area (Å²) in [6, 6.07) is 3.93. The van der Waals surface area contributed by atoms with Crippen LogP contribution < -0.4 is 5.73 Å². The number of nitrogens with zero attached hydrogens (tertiary/aromatic N) is 2. The number of hydrogen-bond donors (Lipinski definition) is 1. The molecule has 0 saturated carbocycles. The van der Waals surface area contributed by atoms with E-state index in [9.17, 15) is 18.5 Å². The van der Waals surface area contributed by atoms with Gasteiger partial charge < -0.3 is 5.73 Å². The van der Waals surface area contributed by atoms with Crippen molar-refractivity contribution in [2.75, 3.05) is 13.1 Å². The van der Waals surface area contributed by atoms with Crippen molar-refractivity contribution >= 4 is 15.7 Å². The maximum Gasteiger partial charge on any atom is 0.273 e. The summed E-state index contributed by atoms with van der Waals surface area (Å²) < 4.78 is 26.5. The van der Waals surface area contributed by atoms with E-state index in [-0.39, 0.29) is 22.5 Å². The Morgan fingerprint density at radius 1 is 1.48 bits per heavy atom. The van der Waals surface area contributed by atoms with Crippen molar-refractivity contribution in [2.24, 2.45) is 11.7 Å². The van der Waals surface area contributed by atoms with Crippen LogP contribution in [0.2, 0.25) is 0 Å². The van der Waals surface area contributed by atoms with Gasteiger partial charge in [-0.05, 0) is 32.3 Å². The molecule has 8 heteroatoms. The maximum atomic E-state index is 12.6.